The molecule has 1 fully saturated rings. The van der Waals surface area contributed by atoms with Gasteiger partial charge in [-0.2, -0.15) is 5.26 Å². The predicted octanol–water partition coefficient (Wildman–Crippen LogP) is 2.34. The van der Waals surface area contributed by atoms with Gasteiger partial charge in [0, 0.05) is 26.2 Å². The van der Waals surface area contributed by atoms with Crippen LogP contribution in [0.25, 0.3) is 11.5 Å². The summed E-state index contributed by atoms with van der Waals surface area (Å²) in [4.78, 5) is 16.3. The normalized spacial score (nSPS) is 13.8. The number of nitrogens with zero attached hydrogens (tertiary/aromatic N) is 5. The number of nitriles is 1. The average Bonchev–Trinajstić information content (AvgIpc) is 3.33. The van der Waals surface area contributed by atoms with Crippen molar-refractivity contribution < 1.29 is 13.9 Å². The monoisotopic (exact) mass is 389 g/mol. The number of aromatic nitrogens is 2. The number of benzene rings is 1. The predicted molar refractivity (Wildman–Crippen MR) is 105 cm³/mol. The van der Waals surface area contributed by atoms with E-state index in [0.717, 1.165) is 5.82 Å². The van der Waals surface area contributed by atoms with Gasteiger partial charge in [0.05, 0.1) is 11.8 Å². The Morgan fingerprint density at radius 1 is 1.07 bits per heavy atom. The van der Waals surface area contributed by atoms with E-state index < -0.39 is 0 Å². The molecule has 0 unspecified atom stereocenters. The summed E-state index contributed by atoms with van der Waals surface area (Å²) < 4.78 is 10.9. The largest absolute Gasteiger partial charge is 0.482 e. The molecule has 1 aliphatic rings. The van der Waals surface area contributed by atoms with Crippen LogP contribution in [0, 0.1) is 11.3 Å². The van der Waals surface area contributed by atoms with Crippen LogP contribution in [0.2, 0.25) is 0 Å². The minimum atomic E-state index is -0.100. The zero-order valence-corrected chi connectivity index (χ0v) is 15.7. The molecule has 0 N–H and O–H groups in total. The highest BCUT2D eigenvalue weighted by Crippen LogP contribution is 2.20. The second kappa shape index (κ2) is 8.44. The van der Waals surface area contributed by atoms with E-state index in [4.69, 9.17) is 14.4 Å². The smallest absolute Gasteiger partial charge is 0.260 e. The first-order chi connectivity index (χ1) is 14.2. The molecule has 1 aromatic carbocycles. The maximum absolute atomic E-state index is 12.5. The van der Waals surface area contributed by atoms with Gasteiger partial charge in [0.25, 0.3) is 5.91 Å². The third kappa shape index (κ3) is 4.19. The van der Waals surface area contributed by atoms with Crippen LogP contribution in [0.5, 0.6) is 5.75 Å². The van der Waals surface area contributed by atoms with Crippen molar-refractivity contribution in [2.24, 2.45) is 0 Å². The standard InChI is InChI=1S/C21H19N5O3/c22-14-16-4-1-2-5-18(16)29-15-21(27)26-11-9-25(10-12-26)20-8-7-17(23-24-20)19-6-3-13-28-19/h1-8,13H,9-12,15H2. The van der Waals surface area contributed by atoms with Crippen molar-refractivity contribution in [2.45, 2.75) is 0 Å². The van der Waals surface area contributed by atoms with E-state index in [0.29, 0.717) is 48.9 Å². The van der Waals surface area contributed by atoms with Crippen LogP contribution >= 0.6 is 0 Å². The van der Waals surface area contributed by atoms with Gasteiger partial charge >= 0.3 is 0 Å². The van der Waals surface area contributed by atoms with Gasteiger partial charge in [-0.25, -0.2) is 0 Å². The minimum Gasteiger partial charge on any atom is -0.482 e. The summed E-state index contributed by atoms with van der Waals surface area (Å²) in [6, 6.07) is 16.4. The van der Waals surface area contributed by atoms with Crippen molar-refractivity contribution in [3.05, 3.63) is 60.4 Å². The molecule has 8 heteroatoms. The number of furan rings is 1. The molecule has 146 valence electrons. The topological polar surface area (TPSA) is 95.5 Å². The lowest BCUT2D eigenvalue weighted by Crippen LogP contribution is -2.50. The van der Waals surface area contributed by atoms with E-state index in [1.165, 1.54) is 0 Å². The summed E-state index contributed by atoms with van der Waals surface area (Å²) in [5, 5.41) is 17.6. The van der Waals surface area contributed by atoms with Gasteiger partial charge in [-0.05, 0) is 36.4 Å². The molecule has 1 amide bonds. The Bertz CT molecular complexity index is 1000. The summed E-state index contributed by atoms with van der Waals surface area (Å²) in [6.45, 7) is 2.38. The molecule has 1 aliphatic heterocycles. The van der Waals surface area contributed by atoms with Crippen LogP contribution in [0.3, 0.4) is 0 Å². The molecule has 0 radical (unpaired) electrons. The van der Waals surface area contributed by atoms with Gasteiger partial charge in [0.2, 0.25) is 0 Å². The van der Waals surface area contributed by atoms with E-state index in [1.54, 1.807) is 35.4 Å². The van der Waals surface area contributed by atoms with E-state index >= 15 is 0 Å². The van der Waals surface area contributed by atoms with E-state index in [1.807, 2.05) is 24.3 Å². The number of amides is 1. The Morgan fingerprint density at radius 2 is 1.90 bits per heavy atom. The van der Waals surface area contributed by atoms with Crippen molar-refractivity contribution in [3.63, 3.8) is 0 Å². The van der Waals surface area contributed by atoms with Crippen molar-refractivity contribution >= 4 is 11.7 Å². The number of piperazine rings is 1. The fourth-order valence-electron chi connectivity index (χ4n) is 3.15. The molecule has 0 spiro atoms. The lowest BCUT2D eigenvalue weighted by atomic mass is 10.2. The van der Waals surface area contributed by atoms with Gasteiger partial charge < -0.3 is 19.0 Å². The molecule has 3 aromatic rings. The fourth-order valence-corrected chi connectivity index (χ4v) is 3.15. The van der Waals surface area contributed by atoms with Crippen LogP contribution in [-0.4, -0.2) is 53.8 Å². The lowest BCUT2D eigenvalue weighted by molar-refractivity contribution is -0.133. The Hall–Kier alpha value is -3.86. The fraction of sp³-hybridized carbons (Fsp3) is 0.238. The van der Waals surface area contributed by atoms with Crippen LogP contribution in [0.4, 0.5) is 5.82 Å². The minimum absolute atomic E-state index is 0.0870. The molecular weight excluding hydrogens is 370 g/mol. The molecule has 29 heavy (non-hydrogen) atoms. The molecular formula is C21H19N5O3. The Labute approximate surface area is 167 Å². The van der Waals surface area contributed by atoms with Gasteiger partial charge in [-0.3, -0.25) is 4.79 Å². The highest BCUT2D eigenvalue weighted by atomic mass is 16.5. The number of rotatable bonds is 5. The van der Waals surface area contributed by atoms with Gasteiger partial charge in [-0.1, -0.05) is 12.1 Å². The second-order valence-corrected chi connectivity index (χ2v) is 6.52. The maximum atomic E-state index is 12.5. The molecule has 0 atom stereocenters. The quantitative estimate of drug-likeness (QED) is 0.661. The second-order valence-electron chi connectivity index (χ2n) is 6.52. The highest BCUT2D eigenvalue weighted by molar-refractivity contribution is 5.78. The SMILES string of the molecule is N#Cc1ccccc1OCC(=O)N1CCN(c2ccc(-c3ccco3)nn2)CC1. The van der Waals surface area contributed by atoms with E-state index in [9.17, 15) is 4.79 Å². The number of ether oxygens (including phenoxy) is 1. The molecule has 4 rings (SSSR count). The summed E-state index contributed by atoms with van der Waals surface area (Å²) in [7, 11) is 0. The average molecular weight is 389 g/mol. The maximum Gasteiger partial charge on any atom is 0.260 e. The van der Waals surface area contributed by atoms with Gasteiger partial charge in [0.1, 0.15) is 17.5 Å². The van der Waals surface area contributed by atoms with Crippen LogP contribution in [0.15, 0.2) is 59.2 Å². The van der Waals surface area contributed by atoms with Crippen molar-refractivity contribution in [1.82, 2.24) is 15.1 Å². The van der Waals surface area contributed by atoms with E-state index in [2.05, 4.69) is 21.2 Å². The number of hydrogen-bond donors (Lipinski definition) is 0. The zero-order valence-electron chi connectivity index (χ0n) is 15.7. The van der Waals surface area contributed by atoms with E-state index in [-0.39, 0.29) is 12.5 Å². The zero-order chi connectivity index (χ0) is 20.1. The Kier molecular flexibility index (Phi) is 5.38. The summed E-state index contributed by atoms with van der Waals surface area (Å²) in [5.74, 6) is 1.77. The third-order valence-corrected chi connectivity index (χ3v) is 4.74. The number of hydrogen-bond acceptors (Lipinski definition) is 7. The molecule has 2 aromatic heterocycles. The number of carbonyl (C=O) groups excluding carboxylic acids is 1. The van der Waals surface area contributed by atoms with Crippen molar-refractivity contribution in [2.75, 3.05) is 37.7 Å². The van der Waals surface area contributed by atoms with Gasteiger partial charge in [-0.15, -0.1) is 10.2 Å². The molecule has 1 saturated heterocycles. The molecule has 3 heterocycles. The summed E-state index contributed by atoms with van der Waals surface area (Å²) in [6.07, 6.45) is 1.60. The molecule has 0 saturated carbocycles. The molecule has 0 bridgehead atoms. The first-order valence-corrected chi connectivity index (χ1v) is 9.27. The number of anilines is 1. The Balaban J connectivity index is 1.30. The lowest BCUT2D eigenvalue weighted by Gasteiger charge is -2.35. The highest BCUT2D eigenvalue weighted by Gasteiger charge is 2.22. The Morgan fingerprint density at radius 3 is 2.59 bits per heavy atom. The van der Waals surface area contributed by atoms with Crippen LogP contribution < -0.4 is 9.64 Å². The third-order valence-electron chi connectivity index (χ3n) is 4.74. The van der Waals surface area contributed by atoms with Crippen LogP contribution in [-0.2, 0) is 4.79 Å². The summed E-state index contributed by atoms with van der Waals surface area (Å²) >= 11 is 0. The van der Waals surface area contributed by atoms with Crippen molar-refractivity contribution in [1.29, 1.82) is 5.26 Å². The van der Waals surface area contributed by atoms with Gasteiger partial charge in [0.15, 0.2) is 18.2 Å². The number of para-hydroxylation sites is 1. The van der Waals surface area contributed by atoms with Crippen molar-refractivity contribution in [3.8, 4) is 23.3 Å². The number of carbonyl (C=O) groups is 1. The molecule has 0 aliphatic carbocycles. The van der Waals surface area contributed by atoms with Crippen LogP contribution in [0.1, 0.15) is 5.56 Å². The first kappa shape index (κ1) is 18.5. The first-order valence-electron chi connectivity index (χ1n) is 9.27. The molecule has 8 nitrogen and oxygen atoms in total. The summed E-state index contributed by atoms with van der Waals surface area (Å²) in [5.41, 5.74) is 1.10.